The lowest BCUT2D eigenvalue weighted by Crippen LogP contribution is -2.32. The normalized spacial score (nSPS) is 12.6. The van der Waals surface area contributed by atoms with Crippen molar-refractivity contribution in [1.82, 2.24) is 24.9 Å². The molecule has 2 rings (SSSR count). The van der Waals surface area contributed by atoms with Crippen LogP contribution in [0.5, 0.6) is 0 Å². The lowest BCUT2D eigenvalue weighted by molar-refractivity contribution is -0.122. The number of aryl methyl sites for hydroxylation is 2. The first-order valence-electron chi connectivity index (χ1n) is 7.02. The molecule has 0 saturated carbocycles. The lowest BCUT2D eigenvalue weighted by atomic mass is 10.1. The van der Waals surface area contributed by atoms with Gasteiger partial charge in [0, 0.05) is 18.9 Å². The number of nitrogens with one attached hydrogen (secondary N) is 1. The molecule has 0 aliphatic rings. The van der Waals surface area contributed by atoms with Crippen molar-refractivity contribution in [3.05, 3.63) is 35.4 Å². The van der Waals surface area contributed by atoms with Crippen molar-refractivity contribution in [2.75, 3.05) is 0 Å². The maximum Gasteiger partial charge on any atom is 0.282 e. The molecule has 0 aliphatic heterocycles. The van der Waals surface area contributed by atoms with E-state index < -0.39 is 6.43 Å². The fraction of sp³-hybridized carbons (Fsp3) is 0.500. The number of nitrogens with zero attached hydrogens (tertiary/aromatic N) is 4. The molecule has 1 amide bonds. The molecule has 8 heteroatoms. The highest BCUT2D eigenvalue weighted by molar-refractivity contribution is 5.76. The average Bonchev–Trinajstić information content (AvgIpc) is 3.03. The first-order chi connectivity index (χ1) is 10.4. The van der Waals surface area contributed by atoms with Crippen LogP contribution in [-0.2, 0) is 18.4 Å². The summed E-state index contributed by atoms with van der Waals surface area (Å²) in [7, 11) is 1.80. The number of halogens is 2. The fourth-order valence-electron chi connectivity index (χ4n) is 2.29. The minimum atomic E-state index is -2.64. The zero-order valence-corrected chi connectivity index (χ0v) is 12.8. The predicted octanol–water partition coefficient (Wildman–Crippen LogP) is 2.13. The smallest absolute Gasteiger partial charge is 0.282 e. The van der Waals surface area contributed by atoms with Gasteiger partial charge in [-0.3, -0.25) is 14.2 Å². The Morgan fingerprint density at radius 1 is 1.45 bits per heavy atom. The molecule has 22 heavy (non-hydrogen) atoms. The van der Waals surface area contributed by atoms with Crippen molar-refractivity contribution >= 4 is 5.91 Å². The van der Waals surface area contributed by atoms with E-state index in [1.807, 2.05) is 13.0 Å². The molecule has 0 aromatic carbocycles. The third-order valence-corrected chi connectivity index (χ3v) is 3.48. The number of alkyl halides is 2. The van der Waals surface area contributed by atoms with Crippen LogP contribution < -0.4 is 5.32 Å². The van der Waals surface area contributed by atoms with E-state index in [2.05, 4.69) is 15.5 Å². The molecule has 0 saturated heterocycles. The highest BCUT2D eigenvalue weighted by Crippen LogP contribution is 2.18. The molecule has 0 aliphatic carbocycles. The number of carbonyl (C=O) groups excluding carboxylic acids is 1. The Labute approximate surface area is 127 Å². The zero-order chi connectivity index (χ0) is 16.3. The van der Waals surface area contributed by atoms with Crippen LogP contribution in [0.25, 0.3) is 0 Å². The van der Waals surface area contributed by atoms with Gasteiger partial charge in [-0.05, 0) is 25.5 Å². The van der Waals surface area contributed by atoms with Crippen LogP contribution in [0.2, 0.25) is 0 Å². The minimum Gasteiger partial charge on any atom is -0.346 e. The van der Waals surface area contributed by atoms with E-state index in [0.29, 0.717) is 12.1 Å². The average molecular weight is 311 g/mol. The Hall–Kier alpha value is -2.25. The quantitative estimate of drug-likeness (QED) is 0.889. The van der Waals surface area contributed by atoms with E-state index >= 15 is 0 Å². The van der Waals surface area contributed by atoms with Gasteiger partial charge in [-0.25, -0.2) is 8.78 Å². The molecular weight excluding hydrogens is 292 g/mol. The van der Waals surface area contributed by atoms with Crippen LogP contribution >= 0.6 is 0 Å². The Balaban J connectivity index is 2.05. The van der Waals surface area contributed by atoms with E-state index in [1.54, 1.807) is 24.9 Å². The van der Waals surface area contributed by atoms with Crippen molar-refractivity contribution in [3.8, 4) is 0 Å². The van der Waals surface area contributed by atoms with Crippen LogP contribution in [0.3, 0.4) is 0 Å². The monoisotopic (exact) mass is 311 g/mol. The fourth-order valence-corrected chi connectivity index (χ4v) is 2.29. The van der Waals surface area contributed by atoms with Crippen LogP contribution in [0, 0.1) is 6.92 Å². The van der Waals surface area contributed by atoms with E-state index in [1.165, 1.54) is 10.7 Å². The van der Waals surface area contributed by atoms with Gasteiger partial charge in [-0.2, -0.15) is 10.2 Å². The molecule has 0 bridgehead atoms. The summed E-state index contributed by atoms with van der Waals surface area (Å²) in [6.07, 6.45) is -0.275. The highest BCUT2D eigenvalue weighted by Gasteiger charge is 2.18. The molecule has 6 nitrogen and oxygen atoms in total. The maximum absolute atomic E-state index is 12.6. The van der Waals surface area contributed by atoms with E-state index in [0.717, 1.165) is 5.69 Å². The van der Waals surface area contributed by atoms with Gasteiger partial charge in [-0.1, -0.05) is 6.92 Å². The van der Waals surface area contributed by atoms with Crippen molar-refractivity contribution in [3.63, 3.8) is 0 Å². The Bertz CT molecular complexity index is 649. The van der Waals surface area contributed by atoms with Gasteiger partial charge in [-0.15, -0.1) is 0 Å². The van der Waals surface area contributed by atoms with E-state index in [9.17, 15) is 13.6 Å². The van der Waals surface area contributed by atoms with Gasteiger partial charge in [0.25, 0.3) is 6.43 Å². The highest BCUT2D eigenvalue weighted by atomic mass is 19.3. The van der Waals surface area contributed by atoms with Gasteiger partial charge < -0.3 is 5.32 Å². The van der Waals surface area contributed by atoms with Crippen molar-refractivity contribution in [2.45, 2.75) is 39.3 Å². The summed E-state index contributed by atoms with van der Waals surface area (Å²) in [6, 6.07) is 2.95. The number of carbonyl (C=O) groups is 1. The predicted molar refractivity (Wildman–Crippen MR) is 76.3 cm³/mol. The van der Waals surface area contributed by atoms with Crippen molar-refractivity contribution in [2.24, 2.45) is 7.05 Å². The second-order valence-corrected chi connectivity index (χ2v) is 5.08. The molecule has 0 fully saturated rings. The van der Waals surface area contributed by atoms with Crippen LogP contribution in [0.15, 0.2) is 18.3 Å². The topological polar surface area (TPSA) is 64.7 Å². The Kier molecular flexibility index (Phi) is 4.89. The Morgan fingerprint density at radius 3 is 2.68 bits per heavy atom. The third-order valence-electron chi connectivity index (χ3n) is 3.48. The molecule has 0 spiro atoms. The van der Waals surface area contributed by atoms with Gasteiger partial charge in [0.05, 0.1) is 11.7 Å². The molecule has 1 atom stereocenters. The lowest BCUT2D eigenvalue weighted by Gasteiger charge is -2.17. The summed E-state index contributed by atoms with van der Waals surface area (Å²) in [5.74, 6) is -0.278. The number of amides is 1. The van der Waals surface area contributed by atoms with Crippen LogP contribution in [0.1, 0.15) is 42.9 Å². The molecule has 2 heterocycles. The van der Waals surface area contributed by atoms with Gasteiger partial charge in [0.1, 0.15) is 12.2 Å². The first-order valence-corrected chi connectivity index (χ1v) is 7.02. The number of hydrogen-bond acceptors (Lipinski definition) is 3. The maximum atomic E-state index is 12.6. The van der Waals surface area contributed by atoms with E-state index in [4.69, 9.17) is 0 Å². The number of hydrogen-bond donors (Lipinski definition) is 1. The largest absolute Gasteiger partial charge is 0.346 e. The standard InChI is InChI=1S/C14H19F2N5O/c1-4-10(12-5-6-17-20(12)3)18-13(22)8-21-9(2)7-11(19-21)14(15)16/h5-7,10,14H,4,8H2,1-3H3,(H,18,22). The zero-order valence-electron chi connectivity index (χ0n) is 12.8. The molecule has 2 aromatic rings. The van der Waals surface area contributed by atoms with Crippen molar-refractivity contribution < 1.29 is 13.6 Å². The summed E-state index contributed by atoms with van der Waals surface area (Å²) in [4.78, 5) is 12.1. The van der Waals surface area contributed by atoms with Crippen LogP contribution in [-0.4, -0.2) is 25.5 Å². The van der Waals surface area contributed by atoms with Crippen molar-refractivity contribution in [1.29, 1.82) is 0 Å². The van der Waals surface area contributed by atoms with E-state index in [-0.39, 0.29) is 24.2 Å². The first kappa shape index (κ1) is 16.1. The molecule has 2 aromatic heterocycles. The minimum absolute atomic E-state index is 0.0904. The molecule has 1 unspecified atom stereocenters. The third kappa shape index (κ3) is 3.49. The summed E-state index contributed by atoms with van der Waals surface area (Å²) >= 11 is 0. The molecule has 0 radical (unpaired) electrons. The Morgan fingerprint density at radius 2 is 2.18 bits per heavy atom. The number of rotatable bonds is 6. The van der Waals surface area contributed by atoms with Gasteiger partial charge in [0.2, 0.25) is 5.91 Å². The summed E-state index contributed by atoms with van der Waals surface area (Å²) < 4.78 is 28.2. The van der Waals surface area contributed by atoms with Gasteiger partial charge in [0.15, 0.2) is 0 Å². The SMILES string of the molecule is CCC(NC(=O)Cn1nc(C(F)F)cc1C)c1ccnn1C. The number of aromatic nitrogens is 4. The summed E-state index contributed by atoms with van der Waals surface area (Å²) in [5, 5.41) is 10.7. The van der Waals surface area contributed by atoms with Gasteiger partial charge >= 0.3 is 0 Å². The second kappa shape index (κ2) is 6.67. The molecular formula is C14H19F2N5O. The summed E-state index contributed by atoms with van der Waals surface area (Å²) in [6.45, 7) is 3.50. The summed E-state index contributed by atoms with van der Waals surface area (Å²) in [5.41, 5.74) is 1.10. The van der Waals surface area contributed by atoms with Crippen LogP contribution in [0.4, 0.5) is 8.78 Å². The molecule has 1 N–H and O–H groups in total. The molecule has 120 valence electrons. The second-order valence-electron chi connectivity index (χ2n) is 5.08.